The van der Waals surface area contributed by atoms with Gasteiger partial charge in [-0.15, -0.1) is 8.78 Å². The summed E-state index contributed by atoms with van der Waals surface area (Å²) in [6.45, 7) is -0.137. The number of nitrogens with zero attached hydrogens (tertiary/aromatic N) is 1. The number of anilines is 1. The van der Waals surface area contributed by atoms with Crippen LogP contribution < -0.4 is 14.4 Å². The van der Waals surface area contributed by atoms with Gasteiger partial charge in [-0.2, -0.15) is 0 Å². The molecule has 0 aliphatic carbocycles. The lowest BCUT2D eigenvalue weighted by Gasteiger charge is -2.24. The lowest BCUT2D eigenvalue weighted by molar-refractivity contribution is -0.286. The van der Waals surface area contributed by atoms with Crippen molar-refractivity contribution < 1.29 is 38.0 Å². The quantitative estimate of drug-likeness (QED) is 0.864. The molecule has 0 aromatic heterocycles. The van der Waals surface area contributed by atoms with Gasteiger partial charge in [-0.1, -0.05) is 18.2 Å². The molecule has 0 saturated carbocycles. The summed E-state index contributed by atoms with van der Waals surface area (Å²) in [5.74, 6) is -2.17. The van der Waals surface area contributed by atoms with Crippen LogP contribution in [0.15, 0.2) is 36.4 Å². The van der Waals surface area contributed by atoms with Gasteiger partial charge in [0.2, 0.25) is 5.60 Å². The number of halogens is 2. The van der Waals surface area contributed by atoms with Crippen LogP contribution in [-0.2, 0) is 15.1 Å². The summed E-state index contributed by atoms with van der Waals surface area (Å²) in [6.07, 6.45) is -3.89. The molecule has 0 fully saturated rings. The molecule has 1 atom stereocenters. The van der Waals surface area contributed by atoms with Crippen molar-refractivity contribution in [2.24, 2.45) is 0 Å². The second-order valence-corrected chi connectivity index (χ2v) is 5.86. The molecule has 2 heterocycles. The largest absolute Gasteiger partial charge is 0.586 e. The SMILES string of the molecule is COCN1C(=O)C(O)(c2cc3c(cc2O)OC(F)(F)O3)c2ccccc21. The van der Waals surface area contributed by atoms with Gasteiger partial charge in [0, 0.05) is 24.3 Å². The van der Waals surface area contributed by atoms with Gasteiger partial charge in [0.1, 0.15) is 12.5 Å². The van der Waals surface area contributed by atoms with Gasteiger partial charge in [-0.25, -0.2) is 0 Å². The number of carbonyl (C=O) groups excluding carboxylic acids is 1. The fourth-order valence-corrected chi connectivity index (χ4v) is 3.23. The summed E-state index contributed by atoms with van der Waals surface area (Å²) in [6, 6.07) is 8.21. The van der Waals surface area contributed by atoms with Gasteiger partial charge >= 0.3 is 6.29 Å². The van der Waals surface area contributed by atoms with Crippen LogP contribution in [0.4, 0.5) is 14.5 Å². The van der Waals surface area contributed by atoms with Crippen LogP contribution in [0.5, 0.6) is 17.2 Å². The van der Waals surface area contributed by atoms with Crippen LogP contribution in [0, 0.1) is 0 Å². The molecule has 1 amide bonds. The highest BCUT2D eigenvalue weighted by molar-refractivity contribution is 6.09. The second kappa shape index (κ2) is 5.29. The number of rotatable bonds is 3. The molecule has 0 saturated heterocycles. The molecule has 9 heteroatoms. The minimum Gasteiger partial charge on any atom is -0.507 e. The number of benzene rings is 2. The first-order valence-corrected chi connectivity index (χ1v) is 7.54. The van der Waals surface area contributed by atoms with E-state index in [2.05, 4.69) is 9.47 Å². The summed E-state index contributed by atoms with van der Waals surface area (Å²) in [5, 5.41) is 21.5. The van der Waals surface area contributed by atoms with Crippen molar-refractivity contribution in [1.29, 1.82) is 0 Å². The number of hydrogen-bond acceptors (Lipinski definition) is 6. The Hall–Kier alpha value is -2.91. The molecule has 0 bridgehead atoms. The number of para-hydroxylation sites is 1. The van der Waals surface area contributed by atoms with E-state index in [0.29, 0.717) is 5.69 Å². The normalized spacial score (nSPS) is 22.6. The fourth-order valence-electron chi connectivity index (χ4n) is 3.23. The third-order valence-electron chi connectivity index (χ3n) is 4.31. The molecule has 1 unspecified atom stereocenters. The van der Waals surface area contributed by atoms with Crippen LogP contribution in [0.1, 0.15) is 11.1 Å². The zero-order valence-electron chi connectivity index (χ0n) is 13.4. The molecule has 26 heavy (non-hydrogen) atoms. The van der Waals surface area contributed by atoms with Gasteiger partial charge in [0.15, 0.2) is 11.5 Å². The predicted molar refractivity (Wildman–Crippen MR) is 83.1 cm³/mol. The summed E-state index contributed by atoms with van der Waals surface area (Å²) in [5.41, 5.74) is -2.03. The van der Waals surface area contributed by atoms with Crippen LogP contribution in [0.2, 0.25) is 0 Å². The standard InChI is InChI=1S/C17H13F2NO6/c1-24-8-20-11-5-3-2-4-9(11)16(23,15(20)22)10-6-13-14(7-12(10)21)26-17(18,19)25-13/h2-7,21,23H,8H2,1H3. The maximum atomic E-state index is 13.3. The Kier molecular flexibility index (Phi) is 3.37. The van der Waals surface area contributed by atoms with Crippen molar-refractivity contribution in [3.63, 3.8) is 0 Å². The number of alkyl halides is 2. The average molecular weight is 365 g/mol. The summed E-state index contributed by atoms with van der Waals surface area (Å²) < 4.78 is 40.2. The zero-order valence-corrected chi connectivity index (χ0v) is 13.4. The number of amides is 1. The van der Waals surface area contributed by atoms with E-state index < -0.39 is 35.1 Å². The van der Waals surface area contributed by atoms with Crippen molar-refractivity contribution in [1.82, 2.24) is 0 Å². The lowest BCUT2D eigenvalue weighted by Crippen LogP contribution is -2.42. The summed E-state index contributed by atoms with van der Waals surface area (Å²) in [7, 11) is 1.38. The van der Waals surface area contributed by atoms with E-state index in [1.165, 1.54) is 18.1 Å². The molecule has 2 aliphatic heterocycles. The highest BCUT2D eigenvalue weighted by atomic mass is 19.3. The van der Waals surface area contributed by atoms with E-state index in [4.69, 9.17) is 4.74 Å². The van der Waals surface area contributed by atoms with Crippen LogP contribution in [-0.4, -0.2) is 36.3 Å². The van der Waals surface area contributed by atoms with Crippen molar-refractivity contribution in [3.05, 3.63) is 47.5 Å². The van der Waals surface area contributed by atoms with Gasteiger partial charge in [-0.3, -0.25) is 9.69 Å². The molecule has 2 aromatic rings. The smallest absolute Gasteiger partial charge is 0.507 e. The minimum atomic E-state index is -3.89. The number of phenols is 1. The number of aromatic hydroxyl groups is 1. The minimum absolute atomic E-state index is 0.137. The van der Waals surface area contributed by atoms with E-state index in [9.17, 15) is 23.8 Å². The van der Waals surface area contributed by atoms with E-state index in [0.717, 1.165) is 12.1 Å². The van der Waals surface area contributed by atoms with Gasteiger partial charge in [0.25, 0.3) is 5.91 Å². The Bertz CT molecular complexity index is 918. The number of carbonyl (C=O) groups is 1. The number of ether oxygens (including phenoxy) is 3. The Labute approximate surface area is 145 Å². The maximum Gasteiger partial charge on any atom is 0.586 e. The fraction of sp³-hybridized carbons (Fsp3) is 0.235. The Morgan fingerprint density at radius 2 is 1.81 bits per heavy atom. The van der Waals surface area contributed by atoms with Gasteiger partial charge < -0.3 is 24.4 Å². The van der Waals surface area contributed by atoms with Crippen molar-refractivity contribution >= 4 is 11.6 Å². The van der Waals surface area contributed by atoms with Crippen LogP contribution in [0.3, 0.4) is 0 Å². The molecule has 7 nitrogen and oxygen atoms in total. The summed E-state index contributed by atoms with van der Waals surface area (Å²) >= 11 is 0. The number of hydrogen-bond donors (Lipinski definition) is 2. The first kappa shape index (κ1) is 16.6. The number of methoxy groups -OCH3 is 1. The first-order valence-electron chi connectivity index (χ1n) is 7.54. The molecule has 4 rings (SSSR count). The number of aliphatic hydroxyl groups is 1. The molecular weight excluding hydrogens is 352 g/mol. The highest BCUT2D eigenvalue weighted by Crippen LogP contribution is 2.51. The van der Waals surface area contributed by atoms with E-state index in [1.54, 1.807) is 18.2 Å². The second-order valence-electron chi connectivity index (χ2n) is 5.86. The van der Waals surface area contributed by atoms with Crippen molar-refractivity contribution in [2.75, 3.05) is 18.7 Å². The van der Waals surface area contributed by atoms with Crippen molar-refractivity contribution in [2.45, 2.75) is 11.9 Å². The van der Waals surface area contributed by atoms with Crippen molar-refractivity contribution in [3.8, 4) is 17.2 Å². The first-order chi connectivity index (χ1) is 12.3. The molecule has 2 N–H and O–H groups in total. The Morgan fingerprint density at radius 3 is 2.50 bits per heavy atom. The van der Waals surface area contributed by atoms with Crippen LogP contribution >= 0.6 is 0 Å². The van der Waals surface area contributed by atoms with E-state index in [-0.39, 0.29) is 17.9 Å². The van der Waals surface area contributed by atoms with Gasteiger partial charge in [0.05, 0.1) is 5.69 Å². The number of fused-ring (bicyclic) bond motifs is 2. The Balaban J connectivity index is 1.89. The molecule has 0 spiro atoms. The van der Waals surface area contributed by atoms with Crippen LogP contribution in [0.25, 0.3) is 0 Å². The third-order valence-corrected chi connectivity index (χ3v) is 4.31. The zero-order chi connectivity index (χ0) is 18.7. The summed E-state index contributed by atoms with van der Waals surface area (Å²) in [4.78, 5) is 14.1. The Morgan fingerprint density at radius 1 is 1.15 bits per heavy atom. The highest BCUT2D eigenvalue weighted by Gasteiger charge is 2.54. The molecule has 0 radical (unpaired) electrons. The van der Waals surface area contributed by atoms with E-state index >= 15 is 0 Å². The molecule has 136 valence electrons. The maximum absolute atomic E-state index is 13.3. The number of phenolic OH excluding ortho intramolecular Hbond substituents is 1. The molecular formula is C17H13F2NO6. The monoisotopic (exact) mass is 365 g/mol. The molecule has 2 aliphatic rings. The van der Waals surface area contributed by atoms with Gasteiger partial charge in [-0.05, 0) is 12.1 Å². The topological polar surface area (TPSA) is 88.5 Å². The predicted octanol–water partition coefficient (Wildman–Crippen LogP) is 1.90. The average Bonchev–Trinajstić information content (AvgIpc) is 3.00. The molecule has 2 aromatic carbocycles. The third kappa shape index (κ3) is 2.14. The lowest BCUT2D eigenvalue weighted by atomic mass is 9.86. The van der Waals surface area contributed by atoms with E-state index in [1.807, 2.05) is 0 Å².